The van der Waals surface area contributed by atoms with Gasteiger partial charge >= 0.3 is 0 Å². The lowest BCUT2D eigenvalue weighted by Gasteiger charge is -2.23. The van der Waals surface area contributed by atoms with Crippen molar-refractivity contribution in [2.75, 3.05) is 10.8 Å². The molecule has 2 aromatic carbocycles. The molecule has 0 N–H and O–H groups in total. The van der Waals surface area contributed by atoms with E-state index in [0.29, 0.717) is 22.1 Å². The molecule has 1 aliphatic rings. The molecule has 0 radical (unpaired) electrons. The number of thioether (sulfide) groups is 1. The van der Waals surface area contributed by atoms with Crippen LogP contribution in [0.2, 0.25) is 0 Å². The first-order chi connectivity index (χ1) is 17.8. The zero-order valence-corrected chi connectivity index (χ0v) is 24.7. The maximum Gasteiger partial charge on any atom is 0.281 e. The highest BCUT2D eigenvalue weighted by Gasteiger charge is 2.30. The van der Waals surface area contributed by atoms with Crippen molar-refractivity contribution in [2.45, 2.75) is 38.0 Å². The van der Waals surface area contributed by atoms with Crippen LogP contribution in [0.1, 0.15) is 28.8 Å². The van der Waals surface area contributed by atoms with E-state index in [4.69, 9.17) is 0 Å². The molecule has 8 nitrogen and oxygen atoms in total. The Morgan fingerprint density at radius 2 is 1.76 bits per heavy atom. The molecule has 0 atom stereocenters. The van der Waals surface area contributed by atoms with Crippen molar-refractivity contribution in [3.63, 3.8) is 0 Å². The van der Waals surface area contributed by atoms with Gasteiger partial charge < -0.3 is 14.0 Å². The van der Waals surface area contributed by atoms with Crippen LogP contribution in [0.4, 0.5) is 5.69 Å². The van der Waals surface area contributed by atoms with Gasteiger partial charge in [0.1, 0.15) is 20.7 Å². The Morgan fingerprint density at radius 3 is 2.45 bits per heavy atom. The van der Waals surface area contributed by atoms with E-state index in [1.54, 1.807) is 0 Å². The summed E-state index contributed by atoms with van der Waals surface area (Å²) in [5.41, 5.74) is 2.51. The maximum absolute atomic E-state index is 11.9. The van der Waals surface area contributed by atoms with Crippen molar-refractivity contribution in [1.82, 2.24) is 0 Å². The molecule has 1 aliphatic heterocycles. The summed E-state index contributed by atoms with van der Waals surface area (Å²) in [6, 6.07) is 11.5. The molecule has 0 saturated heterocycles. The third-order valence-corrected chi connectivity index (χ3v) is 11.1. The number of benzene rings is 2. The average molecular weight is 608 g/mol. The predicted octanol–water partition coefficient (Wildman–Crippen LogP) is 5.27. The number of thiophene rings is 1. The van der Waals surface area contributed by atoms with Crippen molar-refractivity contribution >= 4 is 86.7 Å². The van der Waals surface area contributed by atoms with Crippen LogP contribution in [0.15, 0.2) is 58.0 Å². The third-order valence-electron chi connectivity index (χ3n) is 6.24. The Hall–Kier alpha value is -2.26. The van der Waals surface area contributed by atoms with E-state index in [2.05, 4.69) is 0 Å². The minimum absolute atomic E-state index is 0.548. The molecule has 13 heteroatoms. The van der Waals surface area contributed by atoms with E-state index >= 15 is 0 Å². The van der Waals surface area contributed by atoms with E-state index in [1.807, 2.05) is 69.3 Å². The van der Waals surface area contributed by atoms with Gasteiger partial charge in [0.15, 0.2) is 10.1 Å². The summed E-state index contributed by atoms with van der Waals surface area (Å²) in [7, 11) is -9.15. The summed E-state index contributed by atoms with van der Waals surface area (Å²) in [5, 5.41) is 2.96. The van der Waals surface area contributed by atoms with Crippen molar-refractivity contribution in [1.29, 1.82) is 0 Å². The fourth-order valence-corrected chi connectivity index (χ4v) is 9.56. The van der Waals surface area contributed by atoms with Gasteiger partial charge in [0.2, 0.25) is 5.88 Å². The highest BCUT2D eigenvalue weighted by molar-refractivity contribution is 8.03. The second-order valence-electron chi connectivity index (χ2n) is 8.88. The summed E-state index contributed by atoms with van der Waals surface area (Å²) in [5.74, 6) is -1.40. The van der Waals surface area contributed by atoms with Crippen molar-refractivity contribution in [3.05, 3.63) is 68.5 Å². The fraction of sp³-hybridized carbons (Fsp3) is 0.240. The third kappa shape index (κ3) is 5.41. The largest absolute Gasteiger partial charge is 0.747 e. The van der Waals surface area contributed by atoms with Crippen LogP contribution in [-0.2, 0) is 26.1 Å². The molecule has 0 spiro atoms. The van der Waals surface area contributed by atoms with Crippen LogP contribution < -0.4 is 9.47 Å². The Bertz CT molecular complexity index is 1870. The maximum atomic E-state index is 11.9. The van der Waals surface area contributed by atoms with Crippen molar-refractivity contribution in [2.24, 2.45) is 0 Å². The second-order valence-corrected chi connectivity index (χ2v) is 14.9. The minimum atomic E-state index is -4.60. The second kappa shape index (κ2) is 10.0. The number of aromatic nitrogens is 1. The fourth-order valence-electron chi connectivity index (χ4n) is 4.36. The molecule has 2 aromatic heterocycles. The zero-order chi connectivity index (χ0) is 27.4. The van der Waals surface area contributed by atoms with Gasteiger partial charge in [-0.25, -0.2) is 16.8 Å². The number of anilines is 1. The van der Waals surface area contributed by atoms with Gasteiger partial charge in [0.25, 0.3) is 9.84 Å². The van der Waals surface area contributed by atoms with E-state index in [0.717, 1.165) is 41.2 Å². The summed E-state index contributed by atoms with van der Waals surface area (Å²) in [6.45, 7) is 5.85. The highest BCUT2D eigenvalue weighted by atomic mass is 32.2. The van der Waals surface area contributed by atoms with Crippen LogP contribution in [0.5, 0.6) is 0 Å². The van der Waals surface area contributed by atoms with Crippen LogP contribution in [0.25, 0.3) is 26.4 Å². The van der Waals surface area contributed by atoms with E-state index in [1.165, 1.54) is 43.9 Å². The molecule has 200 valence electrons. The summed E-state index contributed by atoms with van der Waals surface area (Å²) < 4.78 is 73.3. The van der Waals surface area contributed by atoms with E-state index in [-0.39, 0.29) is 0 Å². The first kappa shape index (κ1) is 27.3. The molecule has 0 unspecified atom stereocenters. The Morgan fingerprint density at radius 1 is 1.03 bits per heavy atom. The number of allylic oxidation sites excluding steroid dienone is 2. The highest BCUT2D eigenvalue weighted by Crippen LogP contribution is 2.50. The lowest BCUT2D eigenvalue weighted by molar-refractivity contribution is -0.647. The van der Waals surface area contributed by atoms with Gasteiger partial charge in [0.05, 0.1) is 10.7 Å². The smallest absolute Gasteiger partial charge is 0.281 e. The Kier molecular flexibility index (Phi) is 7.22. The molecular weight excluding hydrogens is 585 g/mol. The molecule has 0 bridgehead atoms. The van der Waals surface area contributed by atoms with Gasteiger partial charge in [-0.15, -0.1) is 0 Å². The lowest BCUT2D eigenvalue weighted by Crippen LogP contribution is -2.38. The summed E-state index contributed by atoms with van der Waals surface area (Å²) in [4.78, 5) is 4.15. The monoisotopic (exact) mass is 607 g/mol. The predicted molar refractivity (Wildman–Crippen MR) is 152 cm³/mol. The topological polar surface area (TPSA) is 122 Å². The molecule has 0 amide bonds. The number of rotatable bonds is 7. The van der Waals surface area contributed by atoms with Crippen molar-refractivity contribution < 1.29 is 30.5 Å². The minimum Gasteiger partial charge on any atom is -0.747 e. The number of thiazole rings is 1. The van der Waals surface area contributed by atoms with Gasteiger partial charge in [0, 0.05) is 21.2 Å². The zero-order valence-electron chi connectivity index (χ0n) is 20.6. The van der Waals surface area contributed by atoms with Crippen LogP contribution in [-0.4, -0.2) is 31.8 Å². The number of hydrogen-bond donors (Lipinski definition) is 0. The summed E-state index contributed by atoms with van der Waals surface area (Å²) in [6.07, 6.45) is 4.20. The average Bonchev–Trinajstić information content (AvgIpc) is 3.43. The van der Waals surface area contributed by atoms with Crippen LogP contribution in [0, 0.1) is 13.8 Å². The number of fused-ring (bicyclic) bond motifs is 4. The molecule has 4 aromatic rings. The summed E-state index contributed by atoms with van der Waals surface area (Å²) >= 11 is 4.23. The molecule has 5 rings (SSSR count). The van der Waals surface area contributed by atoms with E-state index < -0.39 is 32.0 Å². The van der Waals surface area contributed by atoms with E-state index in [9.17, 15) is 25.9 Å². The number of hydrogen-bond acceptors (Lipinski definition) is 10. The van der Waals surface area contributed by atoms with Crippen LogP contribution >= 0.6 is 34.4 Å². The molecule has 0 fully saturated rings. The van der Waals surface area contributed by atoms with Crippen molar-refractivity contribution in [3.8, 4) is 0 Å². The standard InChI is InChI=1S/C25H24N2O6S5/c1-4-17(12-22-27(14-38(31,32)33)25-24(36-22)15(2)16(3)34-25)11-21-26(13-37(28,29)30)23-19-8-6-5-7-18(19)9-10-20(23)35-21/h5-12H,4,13-14H2,1-3H3,(H-,28,29,30,31,32,33)/p-1. The first-order valence-corrected chi connectivity index (χ1v) is 17.1. The van der Waals surface area contributed by atoms with Gasteiger partial charge in [-0.2, -0.15) is 4.57 Å². The SMILES string of the molecule is CCC(/C=C1\Sc2ccc3ccccc3c2N1CS(=O)(=O)[O-])=C\c1sc2c(C)c(C)sc2[n+]1CS(=O)(=O)[O-]. The van der Waals surface area contributed by atoms with Gasteiger partial charge in [-0.3, -0.25) is 0 Å². The number of nitrogens with zero attached hydrogens (tertiary/aromatic N) is 2. The normalized spacial score (nSPS) is 15.8. The lowest BCUT2D eigenvalue weighted by atomic mass is 10.1. The van der Waals surface area contributed by atoms with Gasteiger partial charge in [-0.1, -0.05) is 71.7 Å². The molecule has 0 saturated carbocycles. The number of aryl methyl sites for hydroxylation is 2. The Balaban J connectivity index is 1.65. The Labute approximate surface area is 233 Å². The first-order valence-electron chi connectivity index (χ1n) is 11.5. The van der Waals surface area contributed by atoms with Gasteiger partial charge in [-0.05, 0) is 48.9 Å². The van der Waals surface area contributed by atoms with Crippen LogP contribution in [0.3, 0.4) is 0 Å². The molecule has 0 aliphatic carbocycles. The quantitative estimate of drug-likeness (QED) is 0.206. The molecule has 3 heterocycles. The molecular formula is C25H23N2O6S5-. The molecule has 38 heavy (non-hydrogen) atoms.